The second-order valence-electron chi connectivity index (χ2n) is 9.36. The SMILES string of the molecule is Cc1ncc2sc(C3=C(C(=O)OCOC(=O)C(C)(C)C)N4C(=O)[C@H]([C@@H](C)O)[C@H]4[C@H]3C)cn12. The van der Waals surface area contributed by atoms with Crippen molar-refractivity contribution >= 4 is 39.6 Å². The Morgan fingerprint density at radius 3 is 2.59 bits per heavy atom. The van der Waals surface area contributed by atoms with Gasteiger partial charge in [-0.1, -0.05) is 6.92 Å². The molecular weight excluding hydrogens is 434 g/mol. The number of esters is 2. The van der Waals surface area contributed by atoms with Crippen LogP contribution in [-0.4, -0.2) is 56.2 Å². The lowest BCUT2D eigenvalue weighted by Gasteiger charge is -2.46. The van der Waals surface area contributed by atoms with Crippen LogP contribution in [0.2, 0.25) is 0 Å². The average molecular weight is 462 g/mol. The normalized spacial score (nSPS) is 23.9. The van der Waals surface area contributed by atoms with Gasteiger partial charge in [-0.15, -0.1) is 11.3 Å². The fourth-order valence-corrected chi connectivity index (χ4v) is 5.51. The van der Waals surface area contributed by atoms with Gasteiger partial charge < -0.3 is 19.5 Å². The second-order valence-corrected chi connectivity index (χ2v) is 10.4. The number of β-lactam (4-membered cyclic amide) rings is 1. The lowest BCUT2D eigenvalue weighted by atomic mass is 9.77. The molecule has 0 aliphatic carbocycles. The zero-order valence-electron chi connectivity index (χ0n) is 18.9. The number of carbonyl (C=O) groups excluding carboxylic acids is 3. The first-order valence-electron chi connectivity index (χ1n) is 10.5. The Morgan fingerprint density at radius 1 is 1.31 bits per heavy atom. The van der Waals surface area contributed by atoms with Crippen LogP contribution < -0.4 is 0 Å². The molecule has 2 aliphatic heterocycles. The van der Waals surface area contributed by atoms with E-state index in [0.29, 0.717) is 5.57 Å². The zero-order chi connectivity index (χ0) is 23.5. The van der Waals surface area contributed by atoms with Crippen LogP contribution in [0.3, 0.4) is 0 Å². The molecule has 10 heteroatoms. The van der Waals surface area contributed by atoms with Crippen molar-refractivity contribution in [2.24, 2.45) is 17.3 Å². The lowest BCUT2D eigenvalue weighted by molar-refractivity contribution is -0.175. The van der Waals surface area contributed by atoms with Gasteiger partial charge in [0.15, 0.2) is 0 Å². The quantitative estimate of drug-likeness (QED) is 0.413. The summed E-state index contributed by atoms with van der Waals surface area (Å²) in [4.78, 5) is 45.4. The fraction of sp³-hybridized carbons (Fsp3) is 0.545. The molecule has 0 radical (unpaired) electrons. The van der Waals surface area contributed by atoms with Crippen LogP contribution in [0.5, 0.6) is 0 Å². The van der Waals surface area contributed by atoms with Crippen LogP contribution >= 0.6 is 11.3 Å². The first kappa shape index (κ1) is 22.5. The third-order valence-corrected chi connectivity index (χ3v) is 7.09. The molecule has 32 heavy (non-hydrogen) atoms. The number of aliphatic hydroxyl groups excluding tert-OH is 1. The van der Waals surface area contributed by atoms with Gasteiger partial charge in [-0.3, -0.25) is 14.0 Å². The summed E-state index contributed by atoms with van der Waals surface area (Å²) in [6.07, 6.45) is 2.82. The number of carbonyl (C=O) groups is 3. The summed E-state index contributed by atoms with van der Waals surface area (Å²) in [5, 5.41) is 10.1. The van der Waals surface area contributed by atoms with Crippen molar-refractivity contribution in [2.45, 2.75) is 53.7 Å². The molecule has 0 unspecified atom stereocenters. The monoisotopic (exact) mass is 461 g/mol. The number of amides is 1. The van der Waals surface area contributed by atoms with Crippen molar-refractivity contribution in [1.82, 2.24) is 14.3 Å². The third kappa shape index (κ3) is 3.41. The molecule has 1 fully saturated rings. The first-order valence-corrected chi connectivity index (χ1v) is 11.3. The molecule has 4 heterocycles. The number of aliphatic hydroxyl groups is 1. The molecule has 2 aliphatic rings. The van der Waals surface area contributed by atoms with Gasteiger partial charge in [0, 0.05) is 17.7 Å². The number of fused-ring (bicyclic) bond motifs is 2. The molecule has 4 atom stereocenters. The number of rotatable bonds is 5. The highest BCUT2D eigenvalue weighted by atomic mass is 32.1. The Morgan fingerprint density at radius 2 is 2.00 bits per heavy atom. The molecule has 172 valence electrons. The van der Waals surface area contributed by atoms with Gasteiger partial charge in [0.25, 0.3) is 0 Å². The zero-order valence-corrected chi connectivity index (χ0v) is 19.7. The predicted octanol–water partition coefficient (Wildman–Crippen LogP) is 2.36. The molecule has 2 aromatic rings. The highest BCUT2D eigenvalue weighted by Crippen LogP contribution is 2.51. The van der Waals surface area contributed by atoms with E-state index in [0.717, 1.165) is 15.5 Å². The minimum atomic E-state index is -0.832. The summed E-state index contributed by atoms with van der Waals surface area (Å²) in [6, 6.07) is -0.335. The van der Waals surface area contributed by atoms with Gasteiger partial charge in [-0.25, -0.2) is 9.78 Å². The number of imidazole rings is 1. The van der Waals surface area contributed by atoms with E-state index >= 15 is 0 Å². The number of nitrogens with zero attached hydrogens (tertiary/aromatic N) is 3. The van der Waals surface area contributed by atoms with Crippen molar-refractivity contribution in [3.63, 3.8) is 0 Å². The lowest BCUT2D eigenvalue weighted by Crippen LogP contribution is -2.63. The topological polar surface area (TPSA) is 110 Å². The number of aromatic nitrogens is 2. The van der Waals surface area contributed by atoms with Gasteiger partial charge in [0.2, 0.25) is 12.7 Å². The van der Waals surface area contributed by atoms with E-state index in [-0.39, 0.29) is 23.6 Å². The summed E-state index contributed by atoms with van der Waals surface area (Å²) in [5.41, 5.74) is 0.102. The van der Waals surface area contributed by atoms with Crippen LogP contribution in [-0.2, 0) is 23.9 Å². The Balaban J connectivity index is 1.68. The van der Waals surface area contributed by atoms with Crippen molar-refractivity contribution in [3.8, 4) is 0 Å². The average Bonchev–Trinajstić information content (AvgIpc) is 3.32. The van der Waals surface area contributed by atoms with E-state index in [4.69, 9.17) is 9.47 Å². The maximum Gasteiger partial charge on any atom is 0.358 e. The van der Waals surface area contributed by atoms with E-state index < -0.39 is 36.2 Å². The van der Waals surface area contributed by atoms with Gasteiger partial charge in [-0.05, 0) is 34.6 Å². The standard InChI is InChI=1S/C22H27N3O6S/c1-10-15(13-8-24-12(3)23-7-14(24)32-13)18(25-17(10)16(11(2)26)19(25)27)20(28)30-9-31-21(29)22(4,5)6/h7-8,10-11,16-17,26H,9H2,1-6H3/t10-,11+,16+,17+/m0/s1. The molecule has 0 bridgehead atoms. The molecular formula is C22H27N3O6S. The van der Waals surface area contributed by atoms with Crippen LogP contribution in [0.1, 0.15) is 45.3 Å². The van der Waals surface area contributed by atoms with E-state index in [1.54, 1.807) is 33.9 Å². The Labute approximate surface area is 189 Å². The summed E-state index contributed by atoms with van der Waals surface area (Å²) >= 11 is 1.46. The maximum atomic E-state index is 13.1. The van der Waals surface area contributed by atoms with Crippen molar-refractivity contribution in [3.05, 3.63) is 28.8 Å². The number of hydrogen-bond acceptors (Lipinski definition) is 8. The Kier molecular flexibility index (Phi) is 5.41. The van der Waals surface area contributed by atoms with Crippen molar-refractivity contribution in [2.75, 3.05) is 6.79 Å². The number of thiazole rings is 1. The molecule has 0 aromatic carbocycles. The molecule has 0 spiro atoms. The highest BCUT2D eigenvalue weighted by molar-refractivity contribution is 7.18. The predicted molar refractivity (Wildman–Crippen MR) is 116 cm³/mol. The Hall–Kier alpha value is -2.72. The minimum Gasteiger partial charge on any atom is -0.427 e. The van der Waals surface area contributed by atoms with Crippen LogP contribution in [0.25, 0.3) is 10.4 Å². The largest absolute Gasteiger partial charge is 0.427 e. The first-order chi connectivity index (χ1) is 14.9. The van der Waals surface area contributed by atoms with Crippen LogP contribution in [0.15, 0.2) is 18.1 Å². The highest BCUT2D eigenvalue weighted by Gasteiger charge is 2.60. The van der Waals surface area contributed by atoms with Crippen LogP contribution in [0, 0.1) is 24.2 Å². The maximum absolute atomic E-state index is 13.1. The molecule has 0 saturated carbocycles. The molecule has 1 amide bonds. The van der Waals surface area contributed by atoms with E-state index in [1.807, 2.05) is 24.4 Å². The van der Waals surface area contributed by atoms with Gasteiger partial charge in [0.1, 0.15) is 16.4 Å². The van der Waals surface area contributed by atoms with E-state index in [9.17, 15) is 19.5 Å². The van der Waals surface area contributed by atoms with Crippen LogP contribution in [0.4, 0.5) is 0 Å². The summed E-state index contributed by atoms with van der Waals surface area (Å²) in [6.45, 7) is 9.97. The van der Waals surface area contributed by atoms with Gasteiger partial charge in [0.05, 0.1) is 34.6 Å². The molecule has 2 aromatic heterocycles. The minimum absolute atomic E-state index is 0.145. The number of aryl methyl sites for hydroxylation is 1. The number of hydrogen-bond donors (Lipinski definition) is 1. The summed E-state index contributed by atoms with van der Waals surface area (Å²) < 4.78 is 12.2. The fourth-order valence-electron chi connectivity index (χ4n) is 4.35. The molecule has 4 rings (SSSR count). The summed E-state index contributed by atoms with van der Waals surface area (Å²) in [7, 11) is 0. The Bertz CT molecular complexity index is 1140. The third-order valence-electron chi connectivity index (χ3n) is 6.03. The summed E-state index contributed by atoms with van der Waals surface area (Å²) in [5.74, 6) is -1.51. The van der Waals surface area contributed by atoms with Crippen molar-refractivity contribution < 1.29 is 29.0 Å². The van der Waals surface area contributed by atoms with E-state index in [2.05, 4.69) is 4.98 Å². The van der Waals surface area contributed by atoms with E-state index in [1.165, 1.54) is 16.2 Å². The molecule has 1 saturated heterocycles. The molecule has 1 N–H and O–H groups in total. The smallest absolute Gasteiger partial charge is 0.358 e. The van der Waals surface area contributed by atoms with Gasteiger partial charge >= 0.3 is 11.9 Å². The second kappa shape index (κ2) is 7.70. The number of ether oxygens (including phenoxy) is 2. The van der Waals surface area contributed by atoms with Crippen molar-refractivity contribution in [1.29, 1.82) is 0 Å². The molecule has 9 nitrogen and oxygen atoms in total. The van der Waals surface area contributed by atoms with Gasteiger partial charge in [-0.2, -0.15) is 0 Å².